The SMILES string of the molecule is Cc1ccccc1COc1cccc(CC(=O)N2CCCC(C(C)N)C2)c1.Cl. The Morgan fingerprint density at radius 1 is 1.25 bits per heavy atom. The minimum absolute atomic E-state index is 0. The van der Waals surface area contributed by atoms with Crippen molar-refractivity contribution < 1.29 is 9.53 Å². The fraction of sp³-hybridized carbons (Fsp3) is 0.435. The number of hydrogen-bond acceptors (Lipinski definition) is 3. The van der Waals surface area contributed by atoms with E-state index in [1.807, 2.05) is 48.2 Å². The lowest BCUT2D eigenvalue weighted by Gasteiger charge is -2.34. The van der Waals surface area contributed by atoms with E-state index >= 15 is 0 Å². The highest BCUT2D eigenvalue weighted by Gasteiger charge is 2.25. The summed E-state index contributed by atoms with van der Waals surface area (Å²) in [6.07, 6.45) is 2.56. The molecule has 0 aliphatic carbocycles. The Kier molecular flexibility index (Phi) is 8.34. The molecule has 1 fully saturated rings. The predicted octanol–water partition coefficient (Wildman–Crippen LogP) is 4.12. The van der Waals surface area contributed by atoms with Gasteiger partial charge in [0.2, 0.25) is 5.91 Å². The fourth-order valence-corrected chi connectivity index (χ4v) is 3.63. The lowest BCUT2D eigenvalue weighted by atomic mass is 9.92. The van der Waals surface area contributed by atoms with Crippen LogP contribution in [0.15, 0.2) is 48.5 Å². The number of hydrogen-bond donors (Lipinski definition) is 1. The fourth-order valence-electron chi connectivity index (χ4n) is 3.63. The maximum atomic E-state index is 12.7. The summed E-state index contributed by atoms with van der Waals surface area (Å²) in [5, 5.41) is 0. The highest BCUT2D eigenvalue weighted by molar-refractivity contribution is 5.85. The van der Waals surface area contributed by atoms with E-state index in [1.54, 1.807) is 0 Å². The molecule has 2 atom stereocenters. The molecule has 0 radical (unpaired) electrons. The van der Waals surface area contributed by atoms with Crippen LogP contribution in [0.4, 0.5) is 0 Å². The third-order valence-corrected chi connectivity index (χ3v) is 5.46. The Hall–Kier alpha value is -2.04. The van der Waals surface area contributed by atoms with Gasteiger partial charge in [-0.3, -0.25) is 4.79 Å². The van der Waals surface area contributed by atoms with Gasteiger partial charge in [0.05, 0.1) is 6.42 Å². The summed E-state index contributed by atoms with van der Waals surface area (Å²) in [5.74, 6) is 1.39. The molecule has 0 spiro atoms. The van der Waals surface area contributed by atoms with Gasteiger partial charge in [0.15, 0.2) is 0 Å². The molecular weight excluding hydrogens is 372 g/mol. The number of amides is 1. The molecule has 152 valence electrons. The van der Waals surface area contributed by atoms with Crippen LogP contribution in [-0.2, 0) is 17.8 Å². The van der Waals surface area contributed by atoms with Gasteiger partial charge in [-0.15, -0.1) is 12.4 Å². The van der Waals surface area contributed by atoms with Gasteiger partial charge in [-0.05, 0) is 61.4 Å². The normalized spacial score (nSPS) is 17.5. The lowest BCUT2D eigenvalue weighted by molar-refractivity contribution is -0.132. The van der Waals surface area contributed by atoms with E-state index in [0.29, 0.717) is 18.9 Å². The molecule has 0 aromatic heterocycles. The van der Waals surface area contributed by atoms with Gasteiger partial charge in [-0.2, -0.15) is 0 Å². The maximum absolute atomic E-state index is 12.7. The van der Waals surface area contributed by atoms with Crippen molar-refractivity contribution in [3.05, 3.63) is 65.2 Å². The van der Waals surface area contributed by atoms with Crippen LogP contribution in [0, 0.1) is 12.8 Å². The molecule has 1 aliphatic heterocycles. The number of carbonyl (C=O) groups is 1. The zero-order valence-corrected chi connectivity index (χ0v) is 17.6. The first-order chi connectivity index (χ1) is 13.0. The third kappa shape index (κ3) is 5.98. The molecule has 1 heterocycles. The van der Waals surface area contributed by atoms with Crippen LogP contribution < -0.4 is 10.5 Å². The highest BCUT2D eigenvalue weighted by atomic mass is 35.5. The van der Waals surface area contributed by atoms with E-state index < -0.39 is 0 Å². The van der Waals surface area contributed by atoms with Crippen LogP contribution in [0.5, 0.6) is 5.75 Å². The van der Waals surface area contributed by atoms with E-state index in [4.69, 9.17) is 10.5 Å². The molecule has 1 saturated heterocycles. The molecule has 2 unspecified atom stereocenters. The average Bonchev–Trinajstić information content (AvgIpc) is 2.68. The van der Waals surface area contributed by atoms with Crippen LogP contribution in [0.1, 0.15) is 36.5 Å². The molecule has 2 N–H and O–H groups in total. The van der Waals surface area contributed by atoms with Gasteiger partial charge < -0.3 is 15.4 Å². The van der Waals surface area contributed by atoms with Crippen molar-refractivity contribution in [3.63, 3.8) is 0 Å². The van der Waals surface area contributed by atoms with Crippen LogP contribution in [0.2, 0.25) is 0 Å². The van der Waals surface area contributed by atoms with E-state index in [2.05, 4.69) is 19.1 Å². The topological polar surface area (TPSA) is 55.6 Å². The molecule has 0 saturated carbocycles. The van der Waals surface area contributed by atoms with Gasteiger partial charge in [-0.1, -0.05) is 36.4 Å². The van der Waals surface area contributed by atoms with Crippen molar-refractivity contribution in [1.82, 2.24) is 4.90 Å². The average molecular weight is 403 g/mol. The first-order valence-electron chi connectivity index (χ1n) is 9.82. The van der Waals surface area contributed by atoms with Gasteiger partial charge >= 0.3 is 0 Å². The molecule has 4 nitrogen and oxygen atoms in total. The lowest BCUT2D eigenvalue weighted by Crippen LogP contribution is -2.45. The Bertz CT molecular complexity index is 779. The predicted molar refractivity (Wildman–Crippen MR) is 116 cm³/mol. The number of rotatable bonds is 6. The van der Waals surface area contributed by atoms with Crippen molar-refractivity contribution in [2.24, 2.45) is 11.7 Å². The second-order valence-electron chi connectivity index (χ2n) is 7.64. The van der Waals surface area contributed by atoms with Gasteiger partial charge in [-0.25, -0.2) is 0 Å². The molecular formula is C23H31ClN2O2. The molecule has 1 amide bonds. The largest absolute Gasteiger partial charge is 0.489 e. The van der Waals surface area contributed by atoms with E-state index in [-0.39, 0.29) is 24.4 Å². The summed E-state index contributed by atoms with van der Waals surface area (Å²) in [6.45, 7) is 6.27. The Morgan fingerprint density at radius 3 is 2.79 bits per heavy atom. The number of nitrogens with two attached hydrogens (primary N) is 1. The summed E-state index contributed by atoms with van der Waals surface area (Å²) in [5.41, 5.74) is 9.43. The highest BCUT2D eigenvalue weighted by Crippen LogP contribution is 2.21. The Balaban J connectivity index is 0.00000280. The minimum atomic E-state index is 0. The monoisotopic (exact) mass is 402 g/mol. The Labute approximate surface area is 174 Å². The van der Waals surface area contributed by atoms with Crippen LogP contribution in [-0.4, -0.2) is 29.9 Å². The summed E-state index contributed by atoms with van der Waals surface area (Å²) in [6, 6.07) is 16.2. The maximum Gasteiger partial charge on any atom is 0.227 e. The van der Waals surface area contributed by atoms with E-state index in [0.717, 1.165) is 37.2 Å². The number of ether oxygens (including phenoxy) is 1. The molecule has 2 aromatic carbocycles. The standard InChI is InChI=1S/C23H30N2O2.ClH/c1-17-7-3-4-9-21(17)16-27-22-11-5-8-19(13-22)14-23(26)25-12-6-10-20(15-25)18(2)24;/h3-5,7-9,11,13,18,20H,6,10,12,14-16,24H2,1-2H3;1H. The number of nitrogens with zero attached hydrogens (tertiary/aromatic N) is 1. The second kappa shape index (κ2) is 10.5. The van der Waals surface area contributed by atoms with Crippen molar-refractivity contribution in [3.8, 4) is 5.75 Å². The summed E-state index contributed by atoms with van der Waals surface area (Å²) in [7, 11) is 0. The van der Waals surface area contributed by atoms with Crippen LogP contribution >= 0.6 is 12.4 Å². The number of likely N-dealkylation sites (tertiary alicyclic amines) is 1. The van der Waals surface area contributed by atoms with Crippen LogP contribution in [0.3, 0.4) is 0 Å². The third-order valence-electron chi connectivity index (χ3n) is 5.46. The number of piperidine rings is 1. The quantitative estimate of drug-likeness (QED) is 0.790. The van der Waals surface area contributed by atoms with Gasteiger partial charge in [0.25, 0.3) is 0 Å². The van der Waals surface area contributed by atoms with Crippen molar-refractivity contribution in [1.29, 1.82) is 0 Å². The van der Waals surface area contributed by atoms with Crippen molar-refractivity contribution >= 4 is 18.3 Å². The Morgan fingerprint density at radius 2 is 2.04 bits per heavy atom. The van der Waals surface area contributed by atoms with Crippen molar-refractivity contribution in [2.45, 2.75) is 45.8 Å². The molecule has 1 aliphatic rings. The zero-order valence-electron chi connectivity index (χ0n) is 16.8. The second-order valence-corrected chi connectivity index (χ2v) is 7.64. The van der Waals surface area contributed by atoms with Gasteiger partial charge in [0.1, 0.15) is 12.4 Å². The van der Waals surface area contributed by atoms with E-state index in [1.165, 1.54) is 11.1 Å². The molecule has 5 heteroatoms. The number of halogens is 1. The number of aryl methyl sites for hydroxylation is 1. The molecule has 0 bridgehead atoms. The van der Waals surface area contributed by atoms with E-state index in [9.17, 15) is 4.79 Å². The molecule has 28 heavy (non-hydrogen) atoms. The number of benzene rings is 2. The zero-order chi connectivity index (χ0) is 19.2. The van der Waals surface area contributed by atoms with Crippen LogP contribution in [0.25, 0.3) is 0 Å². The van der Waals surface area contributed by atoms with Gasteiger partial charge in [0, 0.05) is 19.1 Å². The molecule has 3 rings (SSSR count). The van der Waals surface area contributed by atoms with Crippen molar-refractivity contribution in [2.75, 3.05) is 13.1 Å². The summed E-state index contributed by atoms with van der Waals surface area (Å²) >= 11 is 0. The summed E-state index contributed by atoms with van der Waals surface area (Å²) < 4.78 is 5.95. The number of carbonyl (C=O) groups excluding carboxylic acids is 1. The summed E-state index contributed by atoms with van der Waals surface area (Å²) in [4.78, 5) is 14.7. The molecule has 2 aromatic rings. The first kappa shape index (κ1) is 22.3. The smallest absolute Gasteiger partial charge is 0.227 e. The minimum Gasteiger partial charge on any atom is -0.489 e. The first-order valence-corrected chi connectivity index (χ1v) is 9.82.